The number of alkyl carbamates (subject to hydrolysis) is 1. The molecule has 2 N–H and O–H groups in total. The second-order valence-corrected chi connectivity index (χ2v) is 8.07. The van der Waals surface area contributed by atoms with Crippen molar-refractivity contribution in [2.45, 2.75) is 58.8 Å². The van der Waals surface area contributed by atoms with Crippen LogP contribution in [0.3, 0.4) is 0 Å². The summed E-state index contributed by atoms with van der Waals surface area (Å²) in [6.07, 6.45) is -0.878. The first-order valence-electron chi connectivity index (χ1n) is 7.95. The molecule has 8 heteroatoms. The Bertz CT molecular complexity index is 703. The number of nitrogens with one attached hydrogen (secondary N) is 1. The molecule has 7 nitrogen and oxygen atoms in total. The number of ether oxygens (including phenoxy) is 2. The second-order valence-electron chi connectivity index (χ2n) is 7.66. The summed E-state index contributed by atoms with van der Waals surface area (Å²) in [6.45, 7) is 10.1. The number of carbonyl (C=O) groups is 3. The van der Waals surface area contributed by atoms with Gasteiger partial charge in [-0.05, 0) is 59.2 Å². The fourth-order valence-corrected chi connectivity index (χ4v) is 2.19. The van der Waals surface area contributed by atoms with Gasteiger partial charge >= 0.3 is 18.0 Å². The predicted octanol–water partition coefficient (Wildman–Crippen LogP) is 3.95. The summed E-state index contributed by atoms with van der Waals surface area (Å²) in [5, 5.41) is 11.7. The van der Waals surface area contributed by atoms with Crippen LogP contribution in [0.1, 0.15) is 63.5 Å². The Morgan fingerprint density at radius 3 is 2.00 bits per heavy atom. The van der Waals surface area contributed by atoms with Crippen molar-refractivity contribution in [3.63, 3.8) is 0 Å². The number of carbonyl (C=O) groups excluding carboxylic acids is 2. The van der Waals surface area contributed by atoms with Crippen LogP contribution in [0.25, 0.3) is 0 Å². The van der Waals surface area contributed by atoms with Crippen LogP contribution in [0.4, 0.5) is 4.79 Å². The van der Waals surface area contributed by atoms with Crippen LogP contribution in [0.5, 0.6) is 0 Å². The highest BCUT2D eigenvalue weighted by Crippen LogP contribution is 2.25. The fraction of sp³-hybridized carbons (Fsp3) is 0.500. The van der Waals surface area contributed by atoms with Crippen molar-refractivity contribution < 1.29 is 29.0 Å². The van der Waals surface area contributed by atoms with Crippen LogP contribution in [0, 0.1) is 0 Å². The van der Waals surface area contributed by atoms with Crippen molar-refractivity contribution in [3.8, 4) is 0 Å². The molecule has 1 aromatic rings. The van der Waals surface area contributed by atoms with Gasteiger partial charge in [-0.2, -0.15) is 0 Å². The maximum Gasteiger partial charge on any atom is 0.408 e. The zero-order chi connectivity index (χ0) is 20.3. The van der Waals surface area contributed by atoms with Gasteiger partial charge in [0.2, 0.25) is 0 Å². The van der Waals surface area contributed by atoms with Gasteiger partial charge in [-0.1, -0.05) is 17.7 Å². The van der Waals surface area contributed by atoms with Gasteiger partial charge < -0.3 is 19.9 Å². The van der Waals surface area contributed by atoms with Crippen LogP contribution < -0.4 is 5.32 Å². The van der Waals surface area contributed by atoms with Gasteiger partial charge in [0, 0.05) is 0 Å². The highest BCUT2D eigenvalue weighted by atomic mass is 35.5. The number of hydrogen-bond donors (Lipinski definition) is 2. The maximum absolute atomic E-state index is 12.1. The molecule has 0 aliphatic carbocycles. The lowest BCUT2D eigenvalue weighted by Gasteiger charge is -2.22. The van der Waals surface area contributed by atoms with E-state index in [1.807, 2.05) is 0 Å². The summed E-state index contributed by atoms with van der Waals surface area (Å²) in [5.74, 6) is -1.92. The van der Waals surface area contributed by atoms with E-state index in [2.05, 4.69) is 5.32 Å². The Hall–Kier alpha value is -2.28. The van der Waals surface area contributed by atoms with Gasteiger partial charge in [-0.15, -0.1) is 0 Å². The first kappa shape index (κ1) is 21.8. The number of esters is 1. The summed E-state index contributed by atoms with van der Waals surface area (Å²) in [4.78, 5) is 35.5. The largest absolute Gasteiger partial charge is 0.479 e. The Balaban J connectivity index is 3.04. The van der Waals surface area contributed by atoms with Crippen molar-refractivity contribution in [2.24, 2.45) is 0 Å². The highest BCUT2D eigenvalue weighted by molar-refractivity contribution is 6.33. The van der Waals surface area contributed by atoms with Crippen molar-refractivity contribution >= 4 is 29.6 Å². The minimum Gasteiger partial charge on any atom is -0.479 e. The molecule has 1 aromatic carbocycles. The van der Waals surface area contributed by atoms with E-state index in [0.717, 1.165) is 0 Å². The van der Waals surface area contributed by atoms with Gasteiger partial charge in [0.05, 0.1) is 10.6 Å². The summed E-state index contributed by atoms with van der Waals surface area (Å²) in [6, 6.07) is 2.67. The molecular weight excluding hydrogens is 362 g/mol. The Kier molecular flexibility index (Phi) is 6.65. The molecule has 26 heavy (non-hydrogen) atoms. The van der Waals surface area contributed by atoms with Crippen LogP contribution in [-0.4, -0.2) is 34.3 Å². The van der Waals surface area contributed by atoms with Crippen LogP contribution in [0.2, 0.25) is 5.02 Å². The van der Waals surface area contributed by atoms with Crippen LogP contribution >= 0.6 is 11.6 Å². The highest BCUT2D eigenvalue weighted by Gasteiger charge is 2.27. The SMILES string of the molecule is CC(C)(C)OC(=O)NC(C(=O)O)c1ccc(C(=O)OC(C)(C)C)c(Cl)c1. The van der Waals surface area contributed by atoms with Gasteiger partial charge in [0.25, 0.3) is 0 Å². The van der Waals surface area contributed by atoms with E-state index in [1.165, 1.54) is 18.2 Å². The van der Waals surface area contributed by atoms with Crippen molar-refractivity contribution in [1.29, 1.82) is 0 Å². The molecule has 1 rings (SSSR count). The monoisotopic (exact) mass is 385 g/mol. The second kappa shape index (κ2) is 7.95. The standard InChI is InChI=1S/C18H24ClNO6/c1-17(2,3)25-15(23)11-8-7-10(9-12(11)19)13(14(21)22)20-16(24)26-18(4,5)6/h7-9,13H,1-6H3,(H,20,24)(H,21,22). The van der Waals surface area contributed by atoms with E-state index in [0.29, 0.717) is 0 Å². The van der Waals surface area contributed by atoms with E-state index < -0.39 is 35.3 Å². The molecule has 0 heterocycles. The van der Waals surface area contributed by atoms with E-state index in [-0.39, 0.29) is 16.1 Å². The lowest BCUT2D eigenvalue weighted by atomic mass is 10.0. The Morgan fingerprint density at radius 1 is 1.04 bits per heavy atom. The molecular formula is C18H24ClNO6. The summed E-state index contributed by atoms with van der Waals surface area (Å²) in [7, 11) is 0. The van der Waals surface area contributed by atoms with Crippen molar-refractivity contribution in [1.82, 2.24) is 5.32 Å². The molecule has 0 fully saturated rings. The third-order valence-corrected chi connectivity index (χ3v) is 3.17. The zero-order valence-electron chi connectivity index (χ0n) is 15.7. The number of rotatable bonds is 4. The van der Waals surface area contributed by atoms with Crippen LogP contribution in [-0.2, 0) is 14.3 Å². The minimum absolute atomic E-state index is 0.0222. The van der Waals surface area contributed by atoms with E-state index in [1.54, 1.807) is 41.5 Å². The molecule has 0 aromatic heterocycles. The number of halogens is 1. The average molecular weight is 386 g/mol. The lowest BCUT2D eigenvalue weighted by molar-refractivity contribution is -0.139. The van der Waals surface area contributed by atoms with E-state index in [4.69, 9.17) is 21.1 Å². The molecule has 0 radical (unpaired) electrons. The number of amides is 1. The normalized spacial score (nSPS) is 12.9. The molecule has 144 valence electrons. The first-order valence-corrected chi connectivity index (χ1v) is 8.32. The number of aliphatic carboxylic acids is 1. The molecule has 0 bridgehead atoms. The number of carboxylic acids is 1. The van der Waals surface area contributed by atoms with Gasteiger partial charge in [-0.25, -0.2) is 14.4 Å². The third kappa shape index (κ3) is 6.92. The maximum atomic E-state index is 12.1. The van der Waals surface area contributed by atoms with E-state index in [9.17, 15) is 19.5 Å². The minimum atomic E-state index is -1.38. The predicted molar refractivity (Wildman–Crippen MR) is 96.4 cm³/mol. The Morgan fingerprint density at radius 2 is 1.58 bits per heavy atom. The summed E-state index contributed by atoms with van der Waals surface area (Å²) >= 11 is 6.11. The van der Waals surface area contributed by atoms with E-state index >= 15 is 0 Å². The number of carboxylic acid groups (broad SMARTS) is 1. The molecule has 1 atom stereocenters. The molecule has 0 aliphatic heterocycles. The summed E-state index contributed by atoms with van der Waals surface area (Å²) in [5.41, 5.74) is -1.17. The molecule has 0 spiro atoms. The van der Waals surface area contributed by atoms with Gasteiger partial charge in [0.1, 0.15) is 11.2 Å². The lowest BCUT2D eigenvalue weighted by Crippen LogP contribution is -2.38. The number of benzene rings is 1. The zero-order valence-corrected chi connectivity index (χ0v) is 16.4. The molecule has 1 unspecified atom stereocenters. The van der Waals surface area contributed by atoms with Gasteiger partial charge in [0.15, 0.2) is 6.04 Å². The quantitative estimate of drug-likeness (QED) is 0.761. The van der Waals surface area contributed by atoms with Crippen molar-refractivity contribution in [2.75, 3.05) is 0 Å². The van der Waals surface area contributed by atoms with Crippen LogP contribution in [0.15, 0.2) is 18.2 Å². The molecule has 0 aliphatic rings. The van der Waals surface area contributed by atoms with Crippen molar-refractivity contribution in [3.05, 3.63) is 34.3 Å². The number of hydrogen-bond acceptors (Lipinski definition) is 5. The molecule has 0 saturated heterocycles. The summed E-state index contributed by atoms with van der Waals surface area (Å²) < 4.78 is 10.3. The molecule has 0 saturated carbocycles. The fourth-order valence-electron chi connectivity index (χ4n) is 1.92. The topological polar surface area (TPSA) is 102 Å². The smallest absolute Gasteiger partial charge is 0.408 e. The average Bonchev–Trinajstić information content (AvgIpc) is 2.40. The first-order chi connectivity index (χ1) is 11.7. The van der Waals surface area contributed by atoms with Gasteiger partial charge in [-0.3, -0.25) is 0 Å². The third-order valence-electron chi connectivity index (χ3n) is 2.85. The Labute approximate surface area is 157 Å². The molecule has 1 amide bonds.